The highest BCUT2D eigenvalue weighted by atomic mass is 19.1. The average molecular weight is 395 g/mol. The number of aromatic amines is 1. The summed E-state index contributed by atoms with van der Waals surface area (Å²) in [5.74, 6) is -0.326. The molecule has 2 atom stereocenters. The van der Waals surface area contributed by atoms with Crippen molar-refractivity contribution < 1.29 is 9.13 Å². The van der Waals surface area contributed by atoms with Crippen LogP contribution in [0.2, 0.25) is 0 Å². The van der Waals surface area contributed by atoms with E-state index in [-0.39, 0.29) is 23.7 Å². The van der Waals surface area contributed by atoms with Crippen LogP contribution in [-0.4, -0.2) is 40.2 Å². The van der Waals surface area contributed by atoms with Crippen molar-refractivity contribution >= 4 is 11.0 Å². The van der Waals surface area contributed by atoms with Gasteiger partial charge in [-0.05, 0) is 49.4 Å². The first-order chi connectivity index (χ1) is 14.2. The van der Waals surface area contributed by atoms with Gasteiger partial charge in [-0.1, -0.05) is 30.3 Å². The average Bonchev–Trinajstić information content (AvgIpc) is 3.09. The van der Waals surface area contributed by atoms with Crippen LogP contribution in [0.3, 0.4) is 0 Å². The number of aromatic nitrogens is 2. The standard InChI is InChI=1S/C23H26FN3O2/c24-17-6-7-21-20(14-17)25-23(28)27(21)18-8-11-26(12-9-18)19-10-13-29-22(15-19)16-4-2-1-3-5-16/h1-7,14,18-19,22H,8-13,15H2,(H,25,28). The highest BCUT2D eigenvalue weighted by Gasteiger charge is 2.32. The molecule has 2 aromatic carbocycles. The molecule has 0 saturated carbocycles. The van der Waals surface area contributed by atoms with Crippen molar-refractivity contribution in [2.75, 3.05) is 19.7 Å². The third kappa shape index (κ3) is 3.63. The van der Waals surface area contributed by atoms with Crippen molar-refractivity contribution in [1.29, 1.82) is 0 Å². The number of benzene rings is 2. The topological polar surface area (TPSA) is 50.3 Å². The molecule has 0 radical (unpaired) electrons. The molecule has 3 aromatic rings. The number of imidazole rings is 1. The molecule has 2 fully saturated rings. The van der Waals surface area contributed by atoms with Gasteiger partial charge in [-0.15, -0.1) is 0 Å². The van der Waals surface area contributed by atoms with Gasteiger partial charge >= 0.3 is 5.69 Å². The van der Waals surface area contributed by atoms with Crippen molar-refractivity contribution in [3.05, 3.63) is 70.4 Å². The monoisotopic (exact) mass is 395 g/mol. The SMILES string of the molecule is O=c1[nH]c2cc(F)ccc2n1C1CCN(C2CCOC(c3ccccc3)C2)CC1. The van der Waals surface area contributed by atoms with Crippen LogP contribution in [0.1, 0.15) is 43.4 Å². The lowest BCUT2D eigenvalue weighted by Gasteiger charge is -2.41. The molecule has 1 N–H and O–H groups in total. The van der Waals surface area contributed by atoms with Crippen LogP contribution < -0.4 is 5.69 Å². The van der Waals surface area contributed by atoms with E-state index in [2.05, 4.69) is 34.1 Å². The molecular formula is C23H26FN3O2. The van der Waals surface area contributed by atoms with Gasteiger partial charge in [-0.25, -0.2) is 9.18 Å². The van der Waals surface area contributed by atoms with E-state index in [0.717, 1.165) is 50.9 Å². The van der Waals surface area contributed by atoms with Gasteiger partial charge in [0.1, 0.15) is 5.82 Å². The molecule has 2 aliphatic heterocycles. The minimum atomic E-state index is -0.326. The van der Waals surface area contributed by atoms with Crippen molar-refractivity contribution in [3.8, 4) is 0 Å². The zero-order valence-electron chi connectivity index (χ0n) is 16.4. The maximum Gasteiger partial charge on any atom is 0.326 e. The Labute approximate surface area is 169 Å². The van der Waals surface area contributed by atoms with Crippen molar-refractivity contribution in [3.63, 3.8) is 0 Å². The third-order valence-corrected chi connectivity index (χ3v) is 6.49. The van der Waals surface area contributed by atoms with E-state index >= 15 is 0 Å². The highest BCUT2D eigenvalue weighted by Crippen LogP contribution is 2.33. The zero-order valence-corrected chi connectivity index (χ0v) is 16.4. The predicted octanol–water partition coefficient (Wildman–Crippen LogP) is 4.03. The molecule has 5 nitrogen and oxygen atoms in total. The first-order valence-electron chi connectivity index (χ1n) is 10.5. The summed E-state index contributed by atoms with van der Waals surface area (Å²) in [4.78, 5) is 17.9. The van der Waals surface area contributed by atoms with Gasteiger partial charge < -0.3 is 14.6 Å². The van der Waals surface area contributed by atoms with Gasteiger partial charge in [0.25, 0.3) is 0 Å². The Hall–Kier alpha value is -2.44. The molecule has 0 bridgehead atoms. The number of fused-ring (bicyclic) bond motifs is 1. The smallest absolute Gasteiger partial charge is 0.326 e. The minimum Gasteiger partial charge on any atom is -0.373 e. The van der Waals surface area contributed by atoms with Gasteiger partial charge in [0.05, 0.1) is 17.1 Å². The van der Waals surface area contributed by atoms with E-state index in [1.807, 2.05) is 10.6 Å². The van der Waals surface area contributed by atoms with Gasteiger partial charge in [0.2, 0.25) is 0 Å². The molecular weight excluding hydrogens is 369 g/mol. The second-order valence-electron chi connectivity index (χ2n) is 8.18. The van der Waals surface area contributed by atoms with Crippen molar-refractivity contribution in [2.45, 2.75) is 43.9 Å². The summed E-state index contributed by atoms with van der Waals surface area (Å²) in [5.41, 5.74) is 2.49. The van der Waals surface area contributed by atoms with Crippen LogP contribution >= 0.6 is 0 Å². The third-order valence-electron chi connectivity index (χ3n) is 6.49. The van der Waals surface area contributed by atoms with E-state index in [9.17, 15) is 9.18 Å². The lowest BCUT2D eigenvalue weighted by atomic mass is 9.94. The molecule has 2 aliphatic rings. The normalized spacial score (nSPS) is 24.2. The van der Waals surface area contributed by atoms with Gasteiger partial charge in [0, 0.05) is 31.8 Å². The molecule has 0 spiro atoms. The molecule has 5 rings (SSSR count). The minimum absolute atomic E-state index is 0.140. The lowest BCUT2D eigenvalue weighted by molar-refractivity contribution is -0.0346. The highest BCUT2D eigenvalue weighted by molar-refractivity contribution is 5.75. The quantitative estimate of drug-likeness (QED) is 0.729. The summed E-state index contributed by atoms with van der Waals surface area (Å²) in [6.07, 6.45) is 4.09. The van der Waals surface area contributed by atoms with E-state index < -0.39 is 0 Å². The van der Waals surface area contributed by atoms with Crippen LogP contribution in [0.4, 0.5) is 4.39 Å². The Bertz CT molecular complexity index is 1040. The fourth-order valence-corrected chi connectivity index (χ4v) is 4.99. The summed E-state index contributed by atoms with van der Waals surface area (Å²) in [6, 6.07) is 15.7. The number of rotatable bonds is 3. The number of hydrogen-bond donors (Lipinski definition) is 1. The molecule has 152 valence electrons. The van der Waals surface area contributed by atoms with Gasteiger partial charge in [0.15, 0.2) is 0 Å². The second kappa shape index (κ2) is 7.76. The summed E-state index contributed by atoms with van der Waals surface area (Å²) < 4.78 is 21.3. The molecule has 2 saturated heterocycles. The number of nitrogens with one attached hydrogen (secondary N) is 1. The van der Waals surface area contributed by atoms with Crippen molar-refractivity contribution in [1.82, 2.24) is 14.5 Å². The number of H-pyrrole nitrogens is 1. The number of likely N-dealkylation sites (tertiary alicyclic amines) is 1. The zero-order chi connectivity index (χ0) is 19.8. The Kier molecular flexibility index (Phi) is 4.97. The fraction of sp³-hybridized carbons (Fsp3) is 0.435. The largest absolute Gasteiger partial charge is 0.373 e. The second-order valence-corrected chi connectivity index (χ2v) is 8.18. The lowest BCUT2D eigenvalue weighted by Crippen LogP contribution is -2.45. The Balaban J connectivity index is 1.27. The molecule has 1 aromatic heterocycles. The summed E-state index contributed by atoms with van der Waals surface area (Å²) >= 11 is 0. The summed E-state index contributed by atoms with van der Waals surface area (Å²) in [5, 5.41) is 0. The van der Waals surface area contributed by atoms with E-state index in [4.69, 9.17) is 4.74 Å². The summed E-state index contributed by atoms with van der Waals surface area (Å²) in [6.45, 7) is 2.73. The Morgan fingerprint density at radius 1 is 1.00 bits per heavy atom. The first kappa shape index (κ1) is 18.6. The molecule has 29 heavy (non-hydrogen) atoms. The first-order valence-corrected chi connectivity index (χ1v) is 10.5. The molecule has 0 amide bonds. The number of halogens is 1. The Morgan fingerprint density at radius 2 is 1.79 bits per heavy atom. The van der Waals surface area contributed by atoms with Crippen LogP contribution in [-0.2, 0) is 4.74 Å². The van der Waals surface area contributed by atoms with E-state index in [0.29, 0.717) is 11.6 Å². The molecule has 3 heterocycles. The van der Waals surface area contributed by atoms with Gasteiger partial charge in [-0.3, -0.25) is 4.57 Å². The maximum absolute atomic E-state index is 13.5. The van der Waals surface area contributed by atoms with Crippen LogP contribution in [0.5, 0.6) is 0 Å². The van der Waals surface area contributed by atoms with Crippen LogP contribution in [0, 0.1) is 5.82 Å². The Morgan fingerprint density at radius 3 is 2.59 bits per heavy atom. The van der Waals surface area contributed by atoms with E-state index in [1.54, 1.807) is 6.07 Å². The molecule has 2 unspecified atom stereocenters. The number of piperidine rings is 1. The molecule has 6 heteroatoms. The van der Waals surface area contributed by atoms with Crippen LogP contribution in [0.15, 0.2) is 53.3 Å². The maximum atomic E-state index is 13.5. The number of nitrogens with zero attached hydrogens (tertiary/aromatic N) is 2. The molecule has 0 aliphatic carbocycles. The van der Waals surface area contributed by atoms with Crippen LogP contribution in [0.25, 0.3) is 11.0 Å². The van der Waals surface area contributed by atoms with Gasteiger partial charge in [-0.2, -0.15) is 0 Å². The number of ether oxygens (including phenoxy) is 1. The van der Waals surface area contributed by atoms with E-state index in [1.165, 1.54) is 17.7 Å². The number of hydrogen-bond acceptors (Lipinski definition) is 3. The predicted molar refractivity (Wildman–Crippen MR) is 111 cm³/mol. The fourth-order valence-electron chi connectivity index (χ4n) is 4.99. The van der Waals surface area contributed by atoms with Crippen molar-refractivity contribution in [2.24, 2.45) is 0 Å². The summed E-state index contributed by atoms with van der Waals surface area (Å²) in [7, 11) is 0.